The summed E-state index contributed by atoms with van der Waals surface area (Å²) in [4.78, 5) is 24.4. The zero-order chi connectivity index (χ0) is 14.4. The molecule has 0 aromatic heterocycles. The lowest BCUT2D eigenvalue weighted by Gasteiger charge is -2.17. The summed E-state index contributed by atoms with van der Waals surface area (Å²) in [5.74, 6) is -0.362. The minimum atomic E-state index is -0.763. The normalized spacial score (nSPS) is 18.0. The molecule has 20 heavy (non-hydrogen) atoms. The second-order valence-corrected chi connectivity index (χ2v) is 5.15. The Kier molecular flexibility index (Phi) is 4.98. The molecule has 1 aromatic rings. The van der Waals surface area contributed by atoms with Gasteiger partial charge in [0.15, 0.2) is 0 Å². The fraction of sp³-hybridized carbons (Fsp3) is 0.467. The molecule has 2 N–H and O–H groups in total. The van der Waals surface area contributed by atoms with E-state index < -0.39 is 5.97 Å². The van der Waals surface area contributed by atoms with Crippen molar-refractivity contribution in [1.29, 1.82) is 0 Å². The molecule has 108 valence electrons. The van der Waals surface area contributed by atoms with E-state index in [9.17, 15) is 9.59 Å². The van der Waals surface area contributed by atoms with E-state index >= 15 is 0 Å². The van der Waals surface area contributed by atoms with Crippen LogP contribution in [0, 0.1) is 5.92 Å². The number of carbonyl (C=O) groups excluding carboxylic acids is 1. The lowest BCUT2D eigenvalue weighted by atomic mass is 10.0. The second-order valence-electron chi connectivity index (χ2n) is 5.15. The Hall–Kier alpha value is -2.04. The summed E-state index contributed by atoms with van der Waals surface area (Å²) in [7, 11) is 0. The largest absolute Gasteiger partial charge is 0.481 e. The number of hydrogen-bond acceptors (Lipinski definition) is 3. The Morgan fingerprint density at radius 1 is 1.30 bits per heavy atom. The summed E-state index contributed by atoms with van der Waals surface area (Å²) in [6.45, 7) is 1.71. The molecule has 5 nitrogen and oxygen atoms in total. The number of carboxylic acid groups (broad SMARTS) is 1. The molecule has 5 heteroatoms. The van der Waals surface area contributed by atoms with E-state index in [2.05, 4.69) is 5.32 Å². The van der Waals surface area contributed by atoms with Crippen LogP contribution in [0.25, 0.3) is 0 Å². The van der Waals surface area contributed by atoms with Crippen LogP contribution >= 0.6 is 0 Å². The average molecular weight is 276 g/mol. The first-order valence-corrected chi connectivity index (χ1v) is 6.93. The van der Waals surface area contributed by atoms with Crippen molar-refractivity contribution in [3.63, 3.8) is 0 Å². The molecule has 1 saturated heterocycles. The van der Waals surface area contributed by atoms with E-state index in [0.29, 0.717) is 18.9 Å². The zero-order valence-electron chi connectivity index (χ0n) is 11.4. The number of rotatable bonds is 6. The molecule has 0 spiro atoms. The summed E-state index contributed by atoms with van der Waals surface area (Å²) in [6.07, 6.45) is 1.75. The van der Waals surface area contributed by atoms with Gasteiger partial charge in [-0.15, -0.1) is 0 Å². The Labute approximate surface area is 118 Å². The van der Waals surface area contributed by atoms with Gasteiger partial charge in [0, 0.05) is 25.2 Å². The monoisotopic (exact) mass is 276 g/mol. The minimum absolute atomic E-state index is 0.0756. The van der Waals surface area contributed by atoms with Crippen molar-refractivity contribution >= 4 is 17.6 Å². The lowest BCUT2D eigenvalue weighted by molar-refractivity contribution is -0.137. The first-order valence-electron chi connectivity index (χ1n) is 6.93. The molecule has 0 aliphatic carbocycles. The maximum absolute atomic E-state index is 12.0. The van der Waals surface area contributed by atoms with Crippen molar-refractivity contribution in [2.45, 2.75) is 19.3 Å². The van der Waals surface area contributed by atoms with E-state index in [-0.39, 0.29) is 18.9 Å². The van der Waals surface area contributed by atoms with Crippen molar-refractivity contribution < 1.29 is 14.7 Å². The van der Waals surface area contributed by atoms with Gasteiger partial charge in [-0.05, 0) is 30.9 Å². The van der Waals surface area contributed by atoms with Crippen molar-refractivity contribution in [2.75, 3.05) is 25.0 Å². The minimum Gasteiger partial charge on any atom is -0.481 e. The number of para-hydroxylation sites is 1. The molecule has 1 fully saturated rings. The van der Waals surface area contributed by atoms with E-state index in [0.717, 1.165) is 18.7 Å². The van der Waals surface area contributed by atoms with E-state index in [4.69, 9.17) is 5.11 Å². The van der Waals surface area contributed by atoms with Gasteiger partial charge in [0.1, 0.15) is 0 Å². The number of hydrogen-bond donors (Lipinski definition) is 2. The number of aliphatic carboxylic acids is 1. The number of amides is 1. The molecule has 1 unspecified atom stereocenters. The Morgan fingerprint density at radius 2 is 2.05 bits per heavy atom. The number of carboxylic acids is 1. The Balaban J connectivity index is 1.73. The number of benzene rings is 1. The SMILES string of the molecule is O=C(O)CCC1CCN(C(=O)CNc2ccccc2)C1. The molecule has 0 radical (unpaired) electrons. The van der Waals surface area contributed by atoms with Crippen molar-refractivity contribution in [3.05, 3.63) is 30.3 Å². The van der Waals surface area contributed by atoms with Gasteiger partial charge < -0.3 is 15.3 Å². The lowest BCUT2D eigenvalue weighted by Crippen LogP contribution is -2.33. The quantitative estimate of drug-likeness (QED) is 0.831. The van der Waals surface area contributed by atoms with E-state index in [1.165, 1.54) is 0 Å². The van der Waals surface area contributed by atoms with Gasteiger partial charge in [-0.25, -0.2) is 0 Å². The van der Waals surface area contributed by atoms with Crippen LogP contribution in [0.15, 0.2) is 30.3 Å². The maximum Gasteiger partial charge on any atom is 0.303 e. The van der Waals surface area contributed by atoms with Gasteiger partial charge in [0.25, 0.3) is 0 Å². The number of nitrogens with one attached hydrogen (secondary N) is 1. The van der Waals surface area contributed by atoms with Crippen LogP contribution in [0.3, 0.4) is 0 Å². The number of anilines is 1. The summed E-state index contributed by atoms with van der Waals surface area (Å²) < 4.78 is 0. The first kappa shape index (κ1) is 14.4. The van der Waals surface area contributed by atoms with Crippen LogP contribution in [0.4, 0.5) is 5.69 Å². The summed E-state index contributed by atoms with van der Waals surface area (Å²) in [5, 5.41) is 11.8. The number of likely N-dealkylation sites (tertiary alicyclic amines) is 1. The van der Waals surface area contributed by atoms with E-state index in [1.807, 2.05) is 35.2 Å². The summed E-state index contributed by atoms with van der Waals surface area (Å²) in [6, 6.07) is 9.62. The number of carbonyl (C=O) groups is 2. The topological polar surface area (TPSA) is 69.6 Å². The van der Waals surface area contributed by atoms with Gasteiger partial charge >= 0.3 is 5.97 Å². The van der Waals surface area contributed by atoms with Crippen LogP contribution in [-0.2, 0) is 9.59 Å². The van der Waals surface area contributed by atoms with Crippen LogP contribution in [0.5, 0.6) is 0 Å². The molecule has 1 amide bonds. The zero-order valence-corrected chi connectivity index (χ0v) is 11.4. The van der Waals surface area contributed by atoms with Crippen LogP contribution < -0.4 is 5.32 Å². The molecule has 0 saturated carbocycles. The van der Waals surface area contributed by atoms with Crippen LogP contribution in [-0.4, -0.2) is 41.5 Å². The molecule has 1 atom stereocenters. The van der Waals surface area contributed by atoms with Crippen molar-refractivity contribution in [2.24, 2.45) is 5.92 Å². The molecule has 2 rings (SSSR count). The highest BCUT2D eigenvalue weighted by Crippen LogP contribution is 2.21. The fourth-order valence-electron chi connectivity index (χ4n) is 2.47. The van der Waals surface area contributed by atoms with Crippen LogP contribution in [0.2, 0.25) is 0 Å². The van der Waals surface area contributed by atoms with Crippen LogP contribution in [0.1, 0.15) is 19.3 Å². The average Bonchev–Trinajstić information content (AvgIpc) is 2.92. The third-order valence-electron chi connectivity index (χ3n) is 3.62. The van der Waals surface area contributed by atoms with Gasteiger partial charge in [0.05, 0.1) is 6.54 Å². The van der Waals surface area contributed by atoms with Crippen molar-refractivity contribution in [1.82, 2.24) is 4.90 Å². The summed E-state index contributed by atoms with van der Waals surface area (Å²) >= 11 is 0. The van der Waals surface area contributed by atoms with Gasteiger partial charge in [-0.3, -0.25) is 9.59 Å². The maximum atomic E-state index is 12.0. The molecule has 1 aromatic carbocycles. The molecular weight excluding hydrogens is 256 g/mol. The predicted molar refractivity (Wildman–Crippen MR) is 76.5 cm³/mol. The third kappa shape index (κ3) is 4.26. The molecule has 1 heterocycles. The van der Waals surface area contributed by atoms with Crippen molar-refractivity contribution in [3.8, 4) is 0 Å². The second kappa shape index (κ2) is 6.93. The third-order valence-corrected chi connectivity index (χ3v) is 3.62. The Morgan fingerprint density at radius 3 is 2.75 bits per heavy atom. The molecule has 0 bridgehead atoms. The molecule has 1 aliphatic heterocycles. The van der Waals surface area contributed by atoms with Gasteiger partial charge in [-0.2, -0.15) is 0 Å². The highest BCUT2D eigenvalue weighted by molar-refractivity contribution is 5.81. The van der Waals surface area contributed by atoms with E-state index in [1.54, 1.807) is 0 Å². The number of nitrogens with zero attached hydrogens (tertiary/aromatic N) is 1. The highest BCUT2D eigenvalue weighted by Gasteiger charge is 2.26. The fourth-order valence-corrected chi connectivity index (χ4v) is 2.47. The first-order chi connectivity index (χ1) is 9.65. The smallest absolute Gasteiger partial charge is 0.303 e. The predicted octanol–water partition coefficient (Wildman–Crippen LogP) is 1.81. The standard InChI is InChI=1S/C15H20N2O3/c18-14(10-16-13-4-2-1-3-5-13)17-9-8-12(11-17)6-7-15(19)20/h1-5,12,16H,6-11H2,(H,19,20). The highest BCUT2D eigenvalue weighted by atomic mass is 16.4. The Bertz CT molecular complexity index is 461. The summed E-state index contributed by atoms with van der Waals surface area (Å²) in [5.41, 5.74) is 0.933. The molecule has 1 aliphatic rings. The molecular formula is C15H20N2O3. The van der Waals surface area contributed by atoms with Gasteiger partial charge in [-0.1, -0.05) is 18.2 Å². The van der Waals surface area contributed by atoms with Gasteiger partial charge in [0.2, 0.25) is 5.91 Å².